The van der Waals surface area contributed by atoms with Crippen LogP contribution in [0.25, 0.3) is 0 Å². The first-order valence-corrected chi connectivity index (χ1v) is 4.63. The van der Waals surface area contributed by atoms with Crippen molar-refractivity contribution in [3.63, 3.8) is 0 Å². The predicted octanol–water partition coefficient (Wildman–Crippen LogP) is 0.218. The van der Waals surface area contributed by atoms with Gasteiger partial charge in [-0.05, 0) is 13.8 Å². The molecule has 0 radical (unpaired) electrons. The molecule has 0 aromatic carbocycles. The van der Waals surface area contributed by atoms with Crippen LogP contribution < -0.4 is 5.32 Å². The van der Waals surface area contributed by atoms with E-state index in [0.29, 0.717) is 32.9 Å². The van der Waals surface area contributed by atoms with Gasteiger partial charge in [-0.15, -0.1) is 0 Å². The molecule has 0 spiro atoms. The zero-order valence-electron chi connectivity index (χ0n) is 8.47. The Morgan fingerprint density at radius 2 is 1.92 bits per heavy atom. The van der Waals surface area contributed by atoms with Crippen molar-refractivity contribution < 1.29 is 14.3 Å². The summed E-state index contributed by atoms with van der Waals surface area (Å²) in [5, 5.41) is 2.96. The molecular formula is C9H19NO3. The molecule has 0 saturated carbocycles. The highest BCUT2D eigenvalue weighted by atomic mass is 16.5. The van der Waals surface area contributed by atoms with Gasteiger partial charge in [0, 0.05) is 13.2 Å². The first kappa shape index (κ1) is 12.6. The summed E-state index contributed by atoms with van der Waals surface area (Å²) < 4.78 is 10.3. The molecular weight excluding hydrogens is 170 g/mol. The Hall–Kier alpha value is -0.450. The summed E-state index contributed by atoms with van der Waals surface area (Å²) in [4.78, 5) is 10.5. The quantitative estimate of drug-likeness (QED) is 0.527. The Bertz CT molecular complexity index is 128. The van der Waals surface area contributed by atoms with Crippen molar-refractivity contribution in [2.75, 3.05) is 39.5 Å². The van der Waals surface area contributed by atoms with Crippen molar-refractivity contribution in [1.82, 2.24) is 5.32 Å². The summed E-state index contributed by atoms with van der Waals surface area (Å²) in [6.07, 6.45) is 0. The van der Waals surface area contributed by atoms with Crippen molar-refractivity contribution >= 4 is 5.78 Å². The molecule has 1 N–H and O–H groups in total. The average Bonchev–Trinajstić information content (AvgIpc) is 2.09. The van der Waals surface area contributed by atoms with E-state index in [9.17, 15) is 4.79 Å². The molecule has 0 aromatic heterocycles. The monoisotopic (exact) mass is 189 g/mol. The van der Waals surface area contributed by atoms with E-state index >= 15 is 0 Å². The SMILES string of the molecule is CCOCCOCCNCC(C)=O. The molecule has 13 heavy (non-hydrogen) atoms. The maximum atomic E-state index is 10.5. The lowest BCUT2D eigenvalue weighted by atomic mass is 10.4. The van der Waals surface area contributed by atoms with E-state index in [-0.39, 0.29) is 5.78 Å². The molecule has 0 aliphatic rings. The van der Waals surface area contributed by atoms with Gasteiger partial charge in [0.1, 0.15) is 5.78 Å². The third-order valence-electron chi connectivity index (χ3n) is 1.37. The van der Waals surface area contributed by atoms with Gasteiger partial charge in [0.2, 0.25) is 0 Å². The van der Waals surface area contributed by atoms with Gasteiger partial charge in [0.15, 0.2) is 0 Å². The fourth-order valence-corrected chi connectivity index (χ4v) is 0.773. The van der Waals surface area contributed by atoms with E-state index in [2.05, 4.69) is 5.32 Å². The minimum atomic E-state index is 0.148. The first-order valence-electron chi connectivity index (χ1n) is 4.63. The molecule has 0 saturated heterocycles. The van der Waals surface area contributed by atoms with E-state index < -0.39 is 0 Å². The number of nitrogens with one attached hydrogen (secondary N) is 1. The van der Waals surface area contributed by atoms with Crippen molar-refractivity contribution in [1.29, 1.82) is 0 Å². The molecule has 0 atom stereocenters. The molecule has 0 aliphatic heterocycles. The lowest BCUT2D eigenvalue weighted by Gasteiger charge is -2.04. The maximum Gasteiger partial charge on any atom is 0.143 e. The minimum absolute atomic E-state index is 0.148. The fraction of sp³-hybridized carbons (Fsp3) is 0.889. The number of carbonyl (C=O) groups is 1. The summed E-state index contributed by atoms with van der Waals surface area (Å²) in [5.74, 6) is 0.148. The third-order valence-corrected chi connectivity index (χ3v) is 1.37. The van der Waals surface area contributed by atoms with Gasteiger partial charge in [-0.1, -0.05) is 0 Å². The second-order valence-electron chi connectivity index (χ2n) is 2.69. The minimum Gasteiger partial charge on any atom is -0.379 e. The highest BCUT2D eigenvalue weighted by Crippen LogP contribution is 1.77. The lowest BCUT2D eigenvalue weighted by Crippen LogP contribution is -2.25. The summed E-state index contributed by atoms with van der Waals surface area (Å²) >= 11 is 0. The number of ketones is 1. The highest BCUT2D eigenvalue weighted by molar-refractivity contribution is 5.77. The second kappa shape index (κ2) is 9.64. The van der Waals surface area contributed by atoms with Gasteiger partial charge >= 0.3 is 0 Å². The van der Waals surface area contributed by atoms with Crippen LogP contribution in [0.15, 0.2) is 0 Å². The van der Waals surface area contributed by atoms with Crippen LogP contribution in [0.1, 0.15) is 13.8 Å². The molecule has 0 amide bonds. The molecule has 0 aliphatic carbocycles. The Kier molecular flexibility index (Phi) is 9.30. The fourth-order valence-electron chi connectivity index (χ4n) is 0.773. The number of Topliss-reactive ketones (excluding diaryl/α,β-unsaturated/α-hetero) is 1. The van der Waals surface area contributed by atoms with Crippen LogP contribution in [0.5, 0.6) is 0 Å². The molecule has 4 nitrogen and oxygen atoms in total. The van der Waals surface area contributed by atoms with E-state index in [0.717, 1.165) is 6.61 Å². The third kappa shape index (κ3) is 11.5. The Labute approximate surface area is 79.6 Å². The molecule has 0 aromatic rings. The van der Waals surface area contributed by atoms with Gasteiger partial charge in [-0.2, -0.15) is 0 Å². The molecule has 0 heterocycles. The van der Waals surface area contributed by atoms with Gasteiger partial charge in [0.25, 0.3) is 0 Å². The zero-order chi connectivity index (χ0) is 9.94. The number of hydrogen-bond acceptors (Lipinski definition) is 4. The van der Waals surface area contributed by atoms with Gasteiger partial charge in [0.05, 0.1) is 26.4 Å². The standard InChI is InChI=1S/C9H19NO3/c1-3-12-6-7-13-5-4-10-8-9(2)11/h10H,3-8H2,1-2H3. The van der Waals surface area contributed by atoms with Crippen LogP contribution in [0, 0.1) is 0 Å². The van der Waals surface area contributed by atoms with Crippen molar-refractivity contribution in [2.24, 2.45) is 0 Å². The van der Waals surface area contributed by atoms with Crippen LogP contribution in [-0.2, 0) is 14.3 Å². The van der Waals surface area contributed by atoms with Crippen molar-refractivity contribution in [2.45, 2.75) is 13.8 Å². The van der Waals surface area contributed by atoms with E-state index in [1.807, 2.05) is 6.92 Å². The van der Waals surface area contributed by atoms with Gasteiger partial charge < -0.3 is 14.8 Å². The van der Waals surface area contributed by atoms with Crippen LogP contribution in [-0.4, -0.2) is 45.3 Å². The Morgan fingerprint density at radius 3 is 2.54 bits per heavy atom. The number of ether oxygens (including phenoxy) is 2. The second-order valence-corrected chi connectivity index (χ2v) is 2.69. The summed E-state index contributed by atoms with van der Waals surface area (Å²) in [6, 6.07) is 0. The average molecular weight is 189 g/mol. The van der Waals surface area contributed by atoms with E-state index in [1.165, 1.54) is 0 Å². The zero-order valence-corrected chi connectivity index (χ0v) is 8.47. The Balaban J connectivity index is 2.87. The molecule has 0 bridgehead atoms. The smallest absolute Gasteiger partial charge is 0.143 e. The van der Waals surface area contributed by atoms with Crippen LogP contribution in [0.2, 0.25) is 0 Å². The number of carbonyl (C=O) groups excluding carboxylic acids is 1. The van der Waals surface area contributed by atoms with Gasteiger partial charge in [-0.25, -0.2) is 0 Å². The first-order chi connectivity index (χ1) is 6.27. The maximum absolute atomic E-state index is 10.5. The molecule has 0 rings (SSSR count). The van der Waals surface area contributed by atoms with Crippen LogP contribution >= 0.6 is 0 Å². The summed E-state index contributed by atoms with van der Waals surface area (Å²) in [6.45, 7) is 7.27. The summed E-state index contributed by atoms with van der Waals surface area (Å²) in [5.41, 5.74) is 0. The van der Waals surface area contributed by atoms with Crippen molar-refractivity contribution in [3.05, 3.63) is 0 Å². The molecule has 4 heteroatoms. The number of rotatable bonds is 9. The normalized spacial score (nSPS) is 10.3. The van der Waals surface area contributed by atoms with E-state index in [4.69, 9.17) is 9.47 Å². The predicted molar refractivity (Wildman–Crippen MR) is 50.9 cm³/mol. The Morgan fingerprint density at radius 1 is 1.23 bits per heavy atom. The largest absolute Gasteiger partial charge is 0.379 e. The van der Waals surface area contributed by atoms with Crippen LogP contribution in [0.3, 0.4) is 0 Å². The van der Waals surface area contributed by atoms with E-state index in [1.54, 1.807) is 6.92 Å². The van der Waals surface area contributed by atoms with Crippen molar-refractivity contribution in [3.8, 4) is 0 Å². The lowest BCUT2D eigenvalue weighted by molar-refractivity contribution is -0.116. The van der Waals surface area contributed by atoms with Crippen LogP contribution in [0.4, 0.5) is 0 Å². The number of hydrogen-bond donors (Lipinski definition) is 1. The molecule has 78 valence electrons. The van der Waals surface area contributed by atoms with Gasteiger partial charge in [-0.3, -0.25) is 4.79 Å². The molecule has 0 unspecified atom stereocenters. The topological polar surface area (TPSA) is 47.6 Å². The highest BCUT2D eigenvalue weighted by Gasteiger charge is 1.91. The molecule has 0 fully saturated rings. The summed E-state index contributed by atoms with van der Waals surface area (Å²) in [7, 11) is 0.